The van der Waals surface area contributed by atoms with Crippen LogP contribution >= 0.6 is 0 Å². The molecule has 6 nitrogen and oxygen atoms in total. The number of fused-ring (bicyclic) bond motifs is 1. The number of nitrogens with one attached hydrogen (secondary N) is 1. The number of benzene rings is 1. The van der Waals surface area contributed by atoms with E-state index in [-0.39, 0.29) is 11.5 Å². The number of pyridine rings is 1. The highest BCUT2D eigenvalue weighted by molar-refractivity contribution is 6.03. The number of alkyl halides is 3. The van der Waals surface area contributed by atoms with Crippen molar-refractivity contribution in [3.63, 3.8) is 0 Å². The minimum absolute atomic E-state index is 0.0682. The minimum Gasteiger partial charge on any atom is -0.479 e. The van der Waals surface area contributed by atoms with Gasteiger partial charge in [-0.2, -0.15) is 13.2 Å². The fourth-order valence-corrected chi connectivity index (χ4v) is 2.24. The summed E-state index contributed by atoms with van der Waals surface area (Å²) >= 11 is 0. The van der Waals surface area contributed by atoms with Crippen LogP contribution < -0.4 is 10.1 Å². The van der Waals surface area contributed by atoms with E-state index in [1.807, 2.05) is 6.92 Å². The molecule has 2 aromatic heterocycles. The SMILES string of the molecule is CCOc1cccc2nnc(NC(=O)c3ccc(C(F)(F)F)cc3)n12. The summed E-state index contributed by atoms with van der Waals surface area (Å²) in [6.45, 7) is 2.22. The number of aromatic nitrogens is 3. The van der Waals surface area contributed by atoms with Crippen LogP contribution in [0.1, 0.15) is 22.8 Å². The summed E-state index contributed by atoms with van der Waals surface area (Å²) in [6.07, 6.45) is -4.45. The fraction of sp³-hybridized carbons (Fsp3) is 0.188. The molecule has 25 heavy (non-hydrogen) atoms. The second kappa shape index (κ2) is 6.42. The molecule has 0 unspecified atom stereocenters. The molecule has 0 aliphatic carbocycles. The van der Waals surface area contributed by atoms with Crippen LogP contribution in [-0.4, -0.2) is 27.1 Å². The maximum absolute atomic E-state index is 12.6. The number of halogens is 3. The second-order valence-electron chi connectivity index (χ2n) is 5.04. The zero-order valence-corrected chi connectivity index (χ0v) is 13.0. The third-order valence-corrected chi connectivity index (χ3v) is 3.38. The van der Waals surface area contributed by atoms with E-state index in [0.29, 0.717) is 18.1 Å². The van der Waals surface area contributed by atoms with E-state index in [2.05, 4.69) is 15.5 Å². The van der Waals surface area contributed by atoms with Gasteiger partial charge in [0.1, 0.15) is 0 Å². The van der Waals surface area contributed by atoms with Crippen molar-refractivity contribution in [3.05, 3.63) is 53.6 Å². The minimum atomic E-state index is -4.45. The van der Waals surface area contributed by atoms with Crippen LogP contribution in [0.25, 0.3) is 5.65 Å². The van der Waals surface area contributed by atoms with E-state index < -0.39 is 17.6 Å². The first kappa shape index (κ1) is 16.7. The van der Waals surface area contributed by atoms with E-state index in [9.17, 15) is 18.0 Å². The van der Waals surface area contributed by atoms with Gasteiger partial charge in [-0.05, 0) is 43.3 Å². The lowest BCUT2D eigenvalue weighted by Gasteiger charge is -2.09. The predicted octanol–water partition coefficient (Wildman–Crippen LogP) is 3.40. The summed E-state index contributed by atoms with van der Waals surface area (Å²) < 4.78 is 44.7. The fourth-order valence-electron chi connectivity index (χ4n) is 2.24. The first-order valence-corrected chi connectivity index (χ1v) is 7.35. The lowest BCUT2D eigenvalue weighted by Crippen LogP contribution is -2.15. The highest BCUT2D eigenvalue weighted by Gasteiger charge is 2.30. The number of carbonyl (C=O) groups is 1. The maximum atomic E-state index is 12.6. The molecular formula is C16H13F3N4O2. The Morgan fingerprint density at radius 3 is 2.52 bits per heavy atom. The van der Waals surface area contributed by atoms with Gasteiger partial charge in [-0.3, -0.25) is 10.1 Å². The van der Waals surface area contributed by atoms with E-state index in [1.54, 1.807) is 18.2 Å². The Kier molecular flexibility index (Phi) is 4.30. The number of ether oxygens (including phenoxy) is 1. The molecule has 3 aromatic rings. The van der Waals surface area contributed by atoms with Gasteiger partial charge >= 0.3 is 6.18 Å². The molecule has 3 rings (SSSR count). The monoisotopic (exact) mass is 350 g/mol. The van der Waals surface area contributed by atoms with Gasteiger partial charge in [-0.15, -0.1) is 10.2 Å². The van der Waals surface area contributed by atoms with Crippen molar-refractivity contribution in [1.82, 2.24) is 14.6 Å². The first-order chi connectivity index (χ1) is 11.9. The van der Waals surface area contributed by atoms with Crippen LogP contribution in [0, 0.1) is 0 Å². The number of amides is 1. The van der Waals surface area contributed by atoms with Gasteiger partial charge in [0.15, 0.2) is 5.65 Å². The lowest BCUT2D eigenvalue weighted by molar-refractivity contribution is -0.137. The number of nitrogens with zero attached hydrogens (tertiary/aromatic N) is 3. The van der Waals surface area contributed by atoms with Gasteiger partial charge in [-0.1, -0.05) is 6.07 Å². The molecule has 1 aromatic carbocycles. The first-order valence-electron chi connectivity index (χ1n) is 7.35. The molecule has 0 spiro atoms. The van der Waals surface area contributed by atoms with Crippen LogP contribution in [0.15, 0.2) is 42.5 Å². The maximum Gasteiger partial charge on any atom is 0.416 e. The van der Waals surface area contributed by atoms with Crippen molar-refractivity contribution < 1.29 is 22.7 Å². The third-order valence-electron chi connectivity index (χ3n) is 3.38. The average Bonchev–Trinajstić information content (AvgIpc) is 2.98. The molecule has 0 aliphatic rings. The lowest BCUT2D eigenvalue weighted by atomic mass is 10.1. The molecule has 9 heteroatoms. The summed E-state index contributed by atoms with van der Waals surface area (Å²) in [7, 11) is 0. The van der Waals surface area contributed by atoms with E-state index >= 15 is 0 Å². The van der Waals surface area contributed by atoms with Crippen LogP contribution in [-0.2, 0) is 6.18 Å². The molecule has 0 radical (unpaired) electrons. The number of carbonyl (C=O) groups excluding carboxylic acids is 1. The summed E-state index contributed by atoms with van der Waals surface area (Å²) in [6, 6.07) is 9.01. The Morgan fingerprint density at radius 2 is 1.88 bits per heavy atom. The Hall–Kier alpha value is -3.10. The number of hydrogen-bond acceptors (Lipinski definition) is 4. The van der Waals surface area contributed by atoms with Gasteiger partial charge in [0, 0.05) is 5.56 Å². The zero-order valence-electron chi connectivity index (χ0n) is 13.0. The highest BCUT2D eigenvalue weighted by atomic mass is 19.4. The Bertz CT molecular complexity index is 904. The molecule has 0 bridgehead atoms. The number of anilines is 1. The molecular weight excluding hydrogens is 337 g/mol. The van der Waals surface area contributed by atoms with Crippen molar-refractivity contribution in [2.45, 2.75) is 13.1 Å². The van der Waals surface area contributed by atoms with Gasteiger partial charge in [0.05, 0.1) is 12.2 Å². The number of hydrogen-bond donors (Lipinski definition) is 1. The van der Waals surface area contributed by atoms with Gasteiger partial charge in [-0.25, -0.2) is 4.40 Å². The average molecular weight is 350 g/mol. The predicted molar refractivity (Wildman–Crippen MR) is 83.6 cm³/mol. The molecule has 0 aliphatic heterocycles. The molecule has 0 saturated carbocycles. The van der Waals surface area contributed by atoms with Crippen molar-refractivity contribution in [2.75, 3.05) is 11.9 Å². The van der Waals surface area contributed by atoms with Crippen LogP contribution in [0.5, 0.6) is 5.88 Å². The molecule has 1 amide bonds. The topological polar surface area (TPSA) is 68.5 Å². The number of rotatable bonds is 4. The molecule has 2 heterocycles. The van der Waals surface area contributed by atoms with Crippen LogP contribution in [0.4, 0.5) is 19.1 Å². The largest absolute Gasteiger partial charge is 0.479 e. The smallest absolute Gasteiger partial charge is 0.416 e. The molecule has 0 fully saturated rings. The van der Waals surface area contributed by atoms with Crippen molar-refractivity contribution in [2.24, 2.45) is 0 Å². The van der Waals surface area contributed by atoms with Gasteiger partial charge < -0.3 is 4.74 Å². The summed E-state index contributed by atoms with van der Waals surface area (Å²) in [5.74, 6) is -0.0500. The van der Waals surface area contributed by atoms with E-state index in [0.717, 1.165) is 24.3 Å². The van der Waals surface area contributed by atoms with E-state index in [1.165, 1.54) is 4.40 Å². The molecule has 0 saturated heterocycles. The standard InChI is InChI=1S/C16H13F3N4O2/c1-2-25-13-5-3-4-12-21-22-15(23(12)13)20-14(24)10-6-8-11(9-7-10)16(17,18)19/h3-9H,2H2,1H3,(H,20,22,24). The quantitative estimate of drug-likeness (QED) is 0.783. The summed E-state index contributed by atoms with van der Waals surface area (Å²) in [4.78, 5) is 12.3. The van der Waals surface area contributed by atoms with Crippen LogP contribution in [0.2, 0.25) is 0 Å². The van der Waals surface area contributed by atoms with Gasteiger partial charge in [0.25, 0.3) is 5.91 Å². The zero-order chi connectivity index (χ0) is 18.0. The van der Waals surface area contributed by atoms with E-state index in [4.69, 9.17) is 4.74 Å². The Morgan fingerprint density at radius 1 is 1.16 bits per heavy atom. The molecule has 130 valence electrons. The van der Waals surface area contributed by atoms with Crippen molar-refractivity contribution >= 4 is 17.5 Å². The van der Waals surface area contributed by atoms with Crippen molar-refractivity contribution in [3.8, 4) is 5.88 Å². The Labute approximate surface area is 140 Å². The molecule has 0 atom stereocenters. The van der Waals surface area contributed by atoms with Crippen molar-refractivity contribution in [1.29, 1.82) is 0 Å². The normalized spacial score (nSPS) is 11.5. The molecule has 1 N–H and O–H groups in total. The van der Waals surface area contributed by atoms with Gasteiger partial charge in [0.2, 0.25) is 11.8 Å². The van der Waals surface area contributed by atoms with Crippen LogP contribution in [0.3, 0.4) is 0 Å². The highest BCUT2D eigenvalue weighted by Crippen LogP contribution is 2.29. The Balaban J connectivity index is 1.87. The summed E-state index contributed by atoms with van der Waals surface area (Å²) in [5, 5.41) is 10.3. The second-order valence-corrected chi connectivity index (χ2v) is 5.04. The third kappa shape index (κ3) is 3.39. The summed E-state index contributed by atoms with van der Waals surface area (Å²) in [5.41, 5.74) is -0.289.